The normalized spacial score (nSPS) is 13.6. The number of hydrogen-bond donors (Lipinski definition) is 1. The minimum absolute atomic E-state index is 0.292. The summed E-state index contributed by atoms with van der Waals surface area (Å²) in [6.45, 7) is 12.0. The maximum Gasteiger partial charge on any atom is 0.120 e. The molecule has 3 nitrogen and oxygen atoms in total. The first-order chi connectivity index (χ1) is 7.65. The molecule has 1 unspecified atom stereocenters. The van der Waals surface area contributed by atoms with Gasteiger partial charge in [0, 0.05) is 19.1 Å². The van der Waals surface area contributed by atoms with Crippen molar-refractivity contribution in [1.82, 2.24) is 10.2 Å². The Hall–Kier alpha value is -0.800. The zero-order valence-electron chi connectivity index (χ0n) is 10.9. The van der Waals surface area contributed by atoms with E-state index < -0.39 is 0 Å². The highest BCUT2D eigenvalue weighted by atomic mass is 16.3. The van der Waals surface area contributed by atoms with Crippen molar-refractivity contribution in [2.24, 2.45) is 0 Å². The molecule has 1 heterocycles. The highest BCUT2D eigenvalue weighted by molar-refractivity contribution is 5.02. The zero-order chi connectivity index (χ0) is 12.0. The van der Waals surface area contributed by atoms with E-state index in [9.17, 15) is 0 Å². The molecule has 0 aliphatic heterocycles. The molecule has 1 N–H and O–H groups in total. The first-order valence-electron chi connectivity index (χ1n) is 6.16. The maximum absolute atomic E-state index is 5.35. The fourth-order valence-electron chi connectivity index (χ4n) is 1.84. The number of nitrogens with zero attached hydrogens (tertiary/aromatic N) is 1. The lowest BCUT2D eigenvalue weighted by atomic mass is 10.2. The van der Waals surface area contributed by atoms with E-state index in [1.54, 1.807) is 6.26 Å². The van der Waals surface area contributed by atoms with E-state index in [-0.39, 0.29) is 0 Å². The topological polar surface area (TPSA) is 28.4 Å². The molecule has 3 heteroatoms. The molecule has 0 saturated carbocycles. The second-order valence-electron chi connectivity index (χ2n) is 4.41. The Balaban J connectivity index is 2.25. The lowest BCUT2D eigenvalue weighted by Crippen LogP contribution is -2.37. The fourth-order valence-corrected chi connectivity index (χ4v) is 1.84. The maximum atomic E-state index is 5.35. The summed E-state index contributed by atoms with van der Waals surface area (Å²) in [4.78, 5) is 2.45. The summed E-state index contributed by atoms with van der Waals surface area (Å²) in [7, 11) is 0. The van der Waals surface area contributed by atoms with E-state index in [1.165, 1.54) is 0 Å². The molecule has 0 aliphatic rings. The molecule has 1 rings (SSSR count). The second kappa shape index (κ2) is 6.71. The van der Waals surface area contributed by atoms with Crippen molar-refractivity contribution in [2.75, 3.05) is 19.6 Å². The molecular formula is C13H24N2O. The van der Waals surface area contributed by atoms with Gasteiger partial charge in [0.1, 0.15) is 5.76 Å². The average molecular weight is 224 g/mol. The quantitative estimate of drug-likeness (QED) is 0.772. The Morgan fingerprint density at radius 1 is 1.38 bits per heavy atom. The summed E-state index contributed by atoms with van der Waals surface area (Å²) in [5.74, 6) is 1.01. The van der Waals surface area contributed by atoms with Crippen LogP contribution < -0.4 is 5.32 Å². The molecule has 92 valence electrons. The summed E-state index contributed by atoms with van der Waals surface area (Å²) in [6.07, 6.45) is 1.72. The highest BCUT2D eigenvalue weighted by Gasteiger charge is 2.09. The van der Waals surface area contributed by atoms with Gasteiger partial charge in [-0.3, -0.25) is 4.90 Å². The molecule has 0 saturated heterocycles. The molecular weight excluding hydrogens is 200 g/mol. The van der Waals surface area contributed by atoms with Gasteiger partial charge in [0.05, 0.1) is 12.3 Å². The lowest BCUT2D eigenvalue weighted by Gasteiger charge is -2.25. The van der Waals surface area contributed by atoms with Gasteiger partial charge >= 0.3 is 0 Å². The molecule has 0 spiro atoms. The predicted octanol–water partition coefficient (Wildman–Crippen LogP) is 2.66. The minimum atomic E-state index is 0.292. The van der Waals surface area contributed by atoms with Crippen LogP contribution in [0.15, 0.2) is 22.8 Å². The van der Waals surface area contributed by atoms with Gasteiger partial charge in [-0.05, 0) is 39.4 Å². The third-order valence-corrected chi connectivity index (χ3v) is 2.96. The fraction of sp³-hybridized carbons (Fsp3) is 0.692. The van der Waals surface area contributed by atoms with Crippen molar-refractivity contribution in [3.05, 3.63) is 24.2 Å². The zero-order valence-corrected chi connectivity index (χ0v) is 10.9. The Bertz CT molecular complexity index is 269. The monoisotopic (exact) mass is 224 g/mol. The van der Waals surface area contributed by atoms with Crippen molar-refractivity contribution in [2.45, 2.75) is 39.8 Å². The van der Waals surface area contributed by atoms with Crippen LogP contribution >= 0.6 is 0 Å². The van der Waals surface area contributed by atoms with Crippen LogP contribution in [0, 0.1) is 0 Å². The van der Waals surface area contributed by atoms with Crippen molar-refractivity contribution >= 4 is 0 Å². The number of nitrogens with one attached hydrogen (secondary N) is 1. The molecule has 1 aromatic rings. The van der Waals surface area contributed by atoms with E-state index in [1.807, 2.05) is 12.1 Å². The Labute approximate surface area is 98.8 Å². The first-order valence-corrected chi connectivity index (χ1v) is 6.16. The number of rotatable bonds is 7. The Morgan fingerprint density at radius 3 is 2.62 bits per heavy atom. The van der Waals surface area contributed by atoms with Gasteiger partial charge in [-0.25, -0.2) is 0 Å². The summed E-state index contributed by atoms with van der Waals surface area (Å²) in [5.41, 5.74) is 0. The molecule has 0 fully saturated rings. The van der Waals surface area contributed by atoms with Gasteiger partial charge in [0.2, 0.25) is 0 Å². The standard InChI is InChI=1S/C13H24N2O/c1-5-15(11(2)3)9-8-14-12(4)13-7-6-10-16-13/h6-7,10-12,14H,5,8-9H2,1-4H3. The van der Waals surface area contributed by atoms with Crippen LogP contribution in [-0.4, -0.2) is 30.6 Å². The smallest absolute Gasteiger partial charge is 0.120 e. The van der Waals surface area contributed by atoms with Crippen molar-refractivity contribution in [3.8, 4) is 0 Å². The average Bonchev–Trinajstić information content (AvgIpc) is 2.76. The molecule has 0 aromatic carbocycles. The number of furan rings is 1. The van der Waals surface area contributed by atoms with Gasteiger partial charge < -0.3 is 9.73 Å². The van der Waals surface area contributed by atoms with E-state index in [4.69, 9.17) is 4.42 Å². The third kappa shape index (κ3) is 3.99. The van der Waals surface area contributed by atoms with Crippen LogP contribution in [0.1, 0.15) is 39.5 Å². The van der Waals surface area contributed by atoms with Crippen LogP contribution in [0.2, 0.25) is 0 Å². The van der Waals surface area contributed by atoms with Crippen molar-refractivity contribution in [3.63, 3.8) is 0 Å². The molecule has 0 amide bonds. The SMILES string of the molecule is CCN(CCNC(C)c1ccco1)C(C)C. The van der Waals surface area contributed by atoms with Crippen LogP contribution in [0.25, 0.3) is 0 Å². The van der Waals surface area contributed by atoms with Crippen LogP contribution in [0.5, 0.6) is 0 Å². The largest absolute Gasteiger partial charge is 0.468 e. The Kier molecular flexibility index (Phi) is 5.56. The minimum Gasteiger partial charge on any atom is -0.468 e. The molecule has 0 radical (unpaired) electrons. The highest BCUT2D eigenvalue weighted by Crippen LogP contribution is 2.11. The molecule has 0 bridgehead atoms. The van der Waals surface area contributed by atoms with Crippen LogP contribution in [0.3, 0.4) is 0 Å². The first kappa shape index (κ1) is 13.3. The molecule has 16 heavy (non-hydrogen) atoms. The lowest BCUT2D eigenvalue weighted by molar-refractivity contribution is 0.230. The van der Waals surface area contributed by atoms with E-state index in [2.05, 4.69) is 37.9 Å². The molecule has 1 atom stereocenters. The van der Waals surface area contributed by atoms with Crippen LogP contribution in [0.4, 0.5) is 0 Å². The van der Waals surface area contributed by atoms with Crippen molar-refractivity contribution < 1.29 is 4.42 Å². The summed E-state index contributed by atoms with van der Waals surface area (Å²) in [5, 5.41) is 3.47. The van der Waals surface area contributed by atoms with Crippen molar-refractivity contribution in [1.29, 1.82) is 0 Å². The van der Waals surface area contributed by atoms with E-state index in [0.717, 1.165) is 25.4 Å². The van der Waals surface area contributed by atoms with E-state index in [0.29, 0.717) is 12.1 Å². The second-order valence-corrected chi connectivity index (χ2v) is 4.41. The third-order valence-electron chi connectivity index (χ3n) is 2.96. The van der Waals surface area contributed by atoms with Crippen LogP contribution in [-0.2, 0) is 0 Å². The number of likely N-dealkylation sites (N-methyl/N-ethyl adjacent to an activating group) is 1. The van der Waals surface area contributed by atoms with E-state index >= 15 is 0 Å². The van der Waals surface area contributed by atoms with Gasteiger partial charge in [-0.1, -0.05) is 6.92 Å². The molecule has 0 aliphatic carbocycles. The van der Waals surface area contributed by atoms with Gasteiger partial charge in [-0.2, -0.15) is 0 Å². The summed E-state index contributed by atoms with van der Waals surface area (Å²) >= 11 is 0. The van der Waals surface area contributed by atoms with Gasteiger partial charge in [-0.15, -0.1) is 0 Å². The van der Waals surface area contributed by atoms with Gasteiger partial charge in [0.25, 0.3) is 0 Å². The predicted molar refractivity (Wildman–Crippen MR) is 67.5 cm³/mol. The number of hydrogen-bond acceptors (Lipinski definition) is 3. The molecule has 1 aromatic heterocycles. The summed E-state index contributed by atoms with van der Waals surface area (Å²) in [6, 6.07) is 4.85. The summed E-state index contributed by atoms with van der Waals surface area (Å²) < 4.78 is 5.35. The Morgan fingerprint density at radius 2 is 2.12 bits per heavy atom. The van der Waals surface area contributed by atoms with Gasteiger partial charge in [0.15, 0.2) is 0 Å².